The molecular weight excluding hydrogens is 254 g/mol. The first-order chi connectivity index (χ1) is 9.04. The van der Waals surface area contributed by atoms with Crippen molar-refractivity contribution in [2.45, 2.75) is 18.9 Å². The minimum absolute atomic E-state index is 0.0868. The number of hydrogen-bond acceptors (Lipinski definition) is 4. The van der Waals surface area contributed by atoms with Crippen LogP contribution in [-0.2, 0) is 14.3 Å². The molecule has 1 atom stereocenters. The Kier molecular flexibility index (Phi) is 6.07. The molecule has 1 aliphatic heterocycles. The molecule has 8 nitrogen and oxygen atoms in total. The highest BCUT2D eigenvalue weighted by Gasteiger charge is 2.19. The molecular formula is C11H19N3O5. The summed E-state index contributed by atoms with van der Waals surface area (Å²) in [7, 11) is 1.25. The largest absolute Gasteiger partial charge is 0.479 e. The molecule has 1 saturated heterocycles. The lowest BCUT2D eigenvalue weighted by molar-refractivity contribution is -0.148. The SMILES string of the molecule is COC(CNC(=O)NCC(=O)N1CCCC1)C(=O)O. The van der Waals surface area contributed by atoms with Gasteiger partial charge in [0.15, 0.2) is 6.10 Å². The summed E-state index contributed by atoms with van der Waals surface area (Å²) in [6.45, 7) is 1.21. The predicted molar refractivity (Wildman–Crippen MR) is 65.6 cm³/mol. The summed E-state index contributed by atoms with van der Waals surface area (Å²) in [5, 5.41) is 13.4. The second kappa shape index (κ2) is 7.57. The number of nitrogens with one attached hydrogen (secondary N) is 2. The van der Waals surface area contributed by atoms with Gasteiger partial charge in [-0.3, -0.25) is 4.79 Å². The van der Waals surface area contributed by atoms with E-state index in [4.69, 9.17) is 5.11 Å². The molecule has 3 amide bonds. The number of ether oxygens (including phenoxy) is 1. The van der Waals surface area contributed by atoms with Crippen LogP contribution in [0, 0.1) is 0 Å². The van der Waals surface area contributed by atoms with E-state index in [9.17, 15) is 14.4 Å². The fourth-order valence-corrected chi connectivity index (χ4v) is 1.75. The first kappa shape index (κ1) is 15.2. The van der Waals surface area contributed by atoms with Crippen molar-refractivity contribution in [3.05, 3.63) is 0 Å². The maximum atomic E-state index is 11.6. The fourth-order valence-electron chi connectivity index (χ4n) is 1.75. The average molecular weight is 273 g/mol. The number of carbonyl (C=O) groups excluding carboxylic acids is 2. The smallest absolute Gasteiger partial charge is 0.334 e. The molecule has 1 fully saturated rings. The molecule has 0 saturated carbocycles. The van der Waals surface area contributed by atoms with Gasteiger partial charge in [-0.25, -0.2) is 9.59 Å². The number of nitrogens with zero attached hydrogens (tertiary/aromatic N) is 1. The number of carboxylic acid groups (broad SMARTS) is 1. The number of hydrogen-bond donors (Lipinski definition) is 3. The number of urea groups is 1. The van der Waals surface area contributed by atoms with Crippen LogP contribution >= 0.6 is 0 Å². The van der Waals surface area contributed by atoms with Crippen molar-refractivity contribution >= 4 is 17.9 Å². The molecule has 1 rings (SSSR count). The van der Waals surface area contributed by atoms with Crippen LogP contribution in [0.1, 0.15) is 12.8 Å². The highest BCUT2D eigenvalue weighted by molar-refractivity contribution is 5.84. The number of amides is 3. The summed E-state index contributed by atoms with van der Waals surface area (Å²) in [6, 6.07) is -0.587. The summed E-state index contributed by atoms with van der Waals surface area (Å²) in [6.07, 6.45) is 0.887. The first-order valence-corrected chi connectivity index (χ1v) is 6.09. The van der Waals surface area contributed by atoms with Crippen LogP contribution in [0.15, 0.2) is 0 Å². The molecule has 0 aromatic carbocycles. The van der Waals surface area contributed by atoms with E-state index in [-0.39, 0.29) is 19.0 Å². The molecule has 0 bridgehead atoms. The summed E-state index contributed by atoms with van der Waals surface area (Å²) in [5.41, 5.74) is 0. The third kappa shape index (κ3) is 5.12. The van der Waals surface area contributed by atoms with Crippen molar-refractivity contribution in [1.82, 2.24) is 15.5 Å². The number of likely N-dealkylation sites (tertiary alicyclic amines) is 1. The lowest BCUT2D eigenvalue weighted by Crippen LogP contribution is -2.46. The molecule has 108 valence electrons. The Balaban J connectivity index is 2.20. The van der Waals surface area contributed by atoms with Crippen molar-refractivity contribution < 1.29 is 24.2 Å². The van der Waals surface area contributed by atoms with Crippen LogP contribution in [0.3, 0.4) is 0 Å². The van der Waals surface area contributed by atoms with Gasteiger partial charge in [0.25, 0.3) is 0 Å². The Morgan fingerprint density at radius 1 is 1.26 bits per heavy atom. The van der Waals surface area contributed by atoms with Crippen LogP contribution in [0.2, 0.25) is 0 Å². The molecule has 1 unspecified atom stereocenters. The molecule has 0 aromatic rings. The normalized spacial score (nSPS) is 15.9. The quantitative estimate of drug-likeness (QED) is 0.576. The zero-order valence-electron chi connectivity index (χ0n) is 10.8. The van der Waals surface area contributed by atoms with Gasteiger partial charge >= 0.3 is 12.0 Å². The number of methoxy groups -OCH3 is 1. The van der Waals surface area contributed by atoms with Gasteiger partial charge in [0, 0.05) is 20.2 Å². The van der Waals surface area contributed by atoms with E-state index >= 15 is 0 Å². The predicted octanol–water partition coefficient (Wildman–Crippen LogP) is -0.992. The summed E-state index contributed by atoms with van der Waals surface area (Å²) < 4.78 is 4.65. The standard InChI is InChI=1S/C11H19N3O5/c1-19-8(10(16)17)6-12-11(18)13-7-9(15)14-4-2-3-5-14/h8H,2-7H2,1H3,(H,16,17)(H2,12,13,18). The fraction of sp³-hybridized carbons (Fsp3) is 0.727. The van der Waals surface area contributed by atoms with Gasteiger partial charge in [-0.1, -0.05) is 0 Å². The Morgan fingerprint density at radius 3 is 2.42 bits per heavy atom. The Morgan fingerprint density at radius 2 is 1.89 bits per heavy atom. The molecule has 1 aliphatic rings. The van der Waals surface area contributed by atoms with Gasteiger partial charge in [0.2, 0.25) is 5.91 Å². The topological polar surface area (TPSA) is 108 Å². The van der Waals surface area contributed by atoms with Crippen molar-refractivity contribution in [3.8, 4) is 0 Å². The maximum Gasteiger partial charge on any atom is 0.334 e. The zero-order chi connectivity index (χ0) is 14.3. The Hall–Kier alpha value is -1.83. The lowest BCUT2D eigenvalue weighted by atomic mass is 10.3. The van der Waals surface area contributed by atoms with Crippen LogP contribution < -0.4 is 10.6 Å². The Bertz CT molecular complexity index is 341. The van der Waals surface area contributed by atoms with Gasteiger partial charge in [-0.2, -0.15) is 0 Å². The first-order valence-electron chi connectivity index (χ1n) is 6.09. The molecule has 1 heterocycles. The van der Waals surface area contributed by atoms with Gasteiger partial charge in [-0.15, -0.1) is 0 Å². The number of rotatable bonds is 6. The third-order valence-corrected chi connectivity index (χ3v) is 2.87. The van der Waals surface area contributed by atoms with Crippen molar-refractivity contribution in [2.24, 2.45) is 0 Å². The average Bonchev–Trinajstić information content (AvgIpc) is 2.90. The molecule has 8 heteroatoms. The van der Waals surface area contributed by atoms with Gasteiger partial charge in [0.05, 0.1) is 13.1 Å². The van der Waals surface area contributed by atoms with E-state index in [2.05, 4.69) is 15.4 Å². The highest BCUT2D eigenvalue weighted by atomic mass is 16.5. The van der Waals surface area contributed by atoms with Crippen LogP contribution in [0.25, 0.3) is 0 Å². The lowest BCUT2D eigenvalue weighted by Gasteiger charge is -2.16. The third-order valence-electron chi connectivity index (χ3n) is 2.87. The van der Waals surface area contributed by atoms with Gasteiger partial charge in [-0.05, 0) is 12.8 Å². The Labute approximate surface area is 111 Å². The number of carbonyl (C=O) groups is 3. The second-order valence-electron chi connectivity index (χ2n) is 4.21. The number of aliphatic carboxylic acids is 1. The van der Waals surface area contributed by atoms with Crippen molar-refractivity contribution in [3.63, 3.8) is 0 Å². The van der Waals surface area contributed by atoms with Gasteiger partial charge in [0.1, 0.15) is 0 Å². The molecule has 0 aromatic heterocycles. The second-order valence-corrected chi connectivity index (χ2v) is 4.21. The van der Waals surface area contributed by atoms with E-state index < -0.39 is 18.1 Å². The summed E-state index contributed by atoms with van der Waals surface area (Å²) in [5.74, 6) is -1.29. The van der Waals surface area contributed by atoms with Crippen LogP contribution in [-0.4, -0.2) is 67.3 Å². The van der Waals surface area contributed by atoms with Crippen molar-refractivity contribution in [2.75, 3.05) is 33.3 Å². The van der Waals surface area contributed by atoms with E-state index in [1.807, 2.05) is 0 Å². The van der Waals surface area contributed by atoms with E-state index in [1.54, 1.807) is 4.90 Å². The van der Waals surface area contributed by atoms with E-state index in [0.29, 0.717) is 0 Å². The number of carboxylic acids is 1. The van der Waals surface area contributed by atoms with Crippen molar-refractivity contribution in [1.29, 1.82) is 0 Å². The molecule has 0 radical (unpaired) electrons. The minimum Gasteiger partial charge on any atom is -0.479 e. The summed E-state index contributed by atoms with van der Waals surface area (Å²) in [4.78, 5) is 35.3. The van der Waals surface area contributed by atoms with Crippen LogP contribution in [0.4, 0.5) is 4.79 Å². The van der Waals surface area contributed by atoms with E-state index in [1.165, 1.54) is 7.11 Å². The molecule has 3 N–H and O–H groups in total. The van der Waals surface area contributed by atoms with Gasteiger partial charge < -0.3 is 25.4 Å². The zero-order valence-corrected chi connectivity index (χ0v) is 10.8. The summed E-state index contributed by atoms with van der Waals surface area (Å²) >= 11 is 0. The van der Waals surface area contributed by atoms with Crippen LogP contribution in [0.5, 0.6) is 0 Å². The monoisotopic (exact) mass is 273 g/mol. The molecule has 19 heavy (non-hydrogen) atoms. The molecule has 0 spiro atoms. The minimum atomic E-state index is -1.16. The molecule has 0 aliphatic carbocycles. The maximum absolute atomic E-state index is 11.6. The van der Waals surface area contributed by atoms with E-state index in [0.717, 1.165) is 25.9 Å². The highest BCUT2D eigenvalue weighted by Crippen LogP contribution is 2.06.